The highest BCUT2D eigenvalue weighted by molar-refractivity contribution is 6.00. The lowest BCUT2D eigenvalue weighted by atomic mass is 10.0. The number of H-pyrrole nitrogens is 1. The summed E-state index contributed by atoms with van der Waals surface area (Å²) in [5, 5.41) is 30.2. The molecule has 0 aliphatic rings. The SMILES string of the molecule is CC(NC(=O)C(NC(=O)OC(C)(C)C)C(C)C)C(=O)Nc1ccc(C(=O)O)c(-c2nnn[nH]2)c1. The largest absolute Gasteiger partial charge is 0.478 e. The summed E-state index contributed by atoms with van der Waals surface area (Å²) in [6, 6.07) is 2.22. The molecular weight excluding hydrogens is 446 g/mol. The maximum Gasteiger partial charge on any atom is 0.408 e. The summed E-state index contributed by atoms with van der Waals surface area (Å²) in [5.41, 5.74) is -0.347. The van der Waals surface area contributed by atoms with Crippen molar-refractivity contribution >= 4 is 29.6 Å². The Bertz CT molecular complexity index is 1050. The molecule has 2 aromatic rings. The number of aromatic carboxylic acids is 1. The minimum absolute atomic E-state index is 0.0640. The van der Waals surface area contributed by atoms with E-state index in [1.807, 2.05) is 0 Å². The Morgan fingerprint density at radius 1 is 1.06 bits per heavy atom. The third-order valence-corrected chi connectivity index (χ3v) is 4.49. The third kappa shape index (κ3) is 7.25. The van der Waals surface area contributed by atoms with Crippen LogP contribution in [0.3, 0.4) is 0 Å². The molecule has 0 aliphatic carbocycles. The number of carbonyl (C=O) groups excluding carboxylic acids is 3. The van der Waals surface area contributed by atoms with E-state index in [0.717, 1.165) is 0 Å². The highest BCUT2D eigenvalue weighted by atomic mass is 16.6. The number of anilines is 1. The number of carboxylic acid groups (broad SMARTS) is 1. The van der Waals surface area contributed by atoms with Gasteiger partial charge in [0.15, 0.2) is 5.82 Å². The molecule has 184 valence electrons. The lowest BCUT2D eigenvalue weighted by molar-refractivity contribution is -0.128. The van der Waals surface area contributed by atoms with Crippen LogP contribution in [0.5, 0.6) is 0 Å². The molecule has 2 atom stereocenters. The van der Waals surface area contributed by atoms with Crippen molar-refractivity contribution in [2.45, 2.75) is 59.2 Å². The van der Waals surface area contributed by atoms with Crippen LogP contribution in [0.15, 0.2) is 18.2 Å². The van der Waals surface area contributed by atoms with Crippen molar-refractivity contribution in [1.29, 1.82) is 0 Å². The smallest absolute Gasteiger partial charge is 0.408 e. The second-order valence-corrected chi connectivity index (χ2v) is 8.90. The number of rotatable bonds is 8. The standard InChI is InChI=1S/C21H29N7O6/c1-10(2)15(24-20(33)34-21(4,5)6)18(30)22-11(3)17(29)23-12-7-8-13(19(31)32)14(9-12)16-25-27-28-26-16/h7-11,15H,1-6H3,(H,22,30)(H,23,29)(H,24,33)(H,31,32)(H,25,26,27,28). The first-order valence-electron chi connectivity index (χ1n) is 10.5. The van der Waals surface area contributed by atoms with E-state index in [9.17, 15) is 24.3 Å². The van der Waals surface area contributed by atoms with Gasteiger partial charge in [0.25, 0.3) is 0 Å². The van der Waals surface area contributed by atoms with Crippen LogP contribution in [0.4, 0.5) is 10.5 Å². The molecule has 3 amide bonds. The number of nitrogens with one attached hydrogen (secondary N) is 4. The van der Waals surface area contributed by atoms with Crippen LogP contribution in [-0.4, -0.2) is 67.3 Å². The van der Waals surface area contributed by atoms with Crippen molar-refractivity contribution in [3.05, 3.63) is 23.8 Å². The third-order valence-electron chi connectivity index (χ3n) is 4.49. The number of carbonyl (C=O) groups is 4. The van der Waals surface area contributed by atoms with E-state index in [4.69, 9.17) is 4.74 Å². The number of tetrazole rings is 1. The molecular formula is C21H29N7O6. The predicted molar refractivity (Wildman–Crippen MR) is 121 cm³/mol. The van der Waals surface area contributed by atoms with E-state index in [1.54, 1.807) is 34.6 Å². The summed E-state index contributed by atoms with van der Waals surface area (Å²) in [7, 11) is 0. The average molecular weight is 476 g/mol. The Labute approximate surface area is 196 Å². The van der Waals surface area contributed by atoms with Gasteiger partial charge in [0.2, 0.25) is 11.8 Å². The van der Waals surface area contributed by atoms with Gasteiger partial charge in [-0.2, -0.15) is 0 Å². The van der Waals surface area contributed by atoms with E-state index < -0.39 is 41.6 Å². The predicted octanol–water partition coefficient (Wildman–Crippen LogP) is 1.56. The molecule has 2 rings (SSSR count). The van der Waals surface area contributed by atoms with Gasteiger partial charge in [-0.15, -0.1) is 5.10 Å². The Kier molecular flexibility index (Phi) is 8.27. The molecule has 34 heavy (non-hydrogen) atoms. The first-order chi connectivity index (χ1) is 15.8. The number of aromatic nitrogens is 4. The highest BCUT2D eigenvalue weighted by Crippen LogP contribution is 2.24. The molecule has 5 N–H and O–H groups in total. The molecule has 1 aromatic heterocycles. The van der Waals surface area contributed by atoms with Gasteiger partial charge in [0, 0.05) is 11.3 Å². The van der Waals surface area contributed by atoms with Crippen LogP contribution in [0.25, 0.3) is 11.4 Å². The number of nitrogens with zero attached hydrogens (tertiary/aromatic N) is 3. The van der Waals surface area contributed by atoms with Crippen molar-refractivity contribution in [3.8, 4) is 11.4 Å². The molecule has 0 saturated heterocycles. The zero-order valence-corrected chi connectivity index (χ0v) is 19.8. The number of hydrogen-bond acceptors (Lipinski definition) is 8. The fourth-order valence-corrected chi connectivity index (χ4v) is 2.87. The van der Waals surface area contributed by atoms with Crippen molar-refractivity contribution < 1.29 is 29.0 Å². The van der Waals surface area contributed by atoms with E-state index in [1.165, 1.54) is 25.1 Å². The molecule has 0 bridgehead atoms. The van der Waals surface area contributed by atoms with Crippen molar-refractivity contribution in [1.82, 2.24) is 31.3 Å². The van der Waals surface area contributed by atoms with E-state index in [0.29, 0.717) is 0 Å². The molecule has 2 unspecified atom stereocenters. The second kappa shape index (κ2) is 10.7. The zero-order valence-electron chi connectivity index (χ0n) is 19.8. The molecule has 0 fully saturated rings. The Hall–Kier alpha value is -4.03. The monoisotopic (exact) mass is 475 g/mol. The van der Waals surface area contributed by atoms with E-state index in [2.05, 4.69) is 36.6 Å². The number of alkyl carbamates (subject to hydrolysis) is 1. The van der Waals surface area contributed by atoms with Crippen LogP contribution in [-0.2, 0) is 14.3 Å². The van der Waals surface area contributed by atoms with Crippen LogP contribution in [0.2, 0.25) is 0 Å². The zero-order chi connectivity index (χ0) is 25.6. The van der Waals surface area contributed by atoms with Gasteiger partial charge in [-0.25, -0.2) is 14.7 Å². The summed E-state index contributed by atoms with van der Waals surface area (Å²) in [5.74, 6) is -2.47. The van der Waals surface area contributed by atoms with Crippen LogP contribution in [0, 0.1) is 5.92 Å². The van der Waals surface area contributed by atoms with Crippen LogP contribution >= 0.6 is 0 Å². The van der Waals surface area contributed by atoms with Gasteiger partial charge in [0.05, 0.1) is 5.56 Å². The Balaban J connectivity index is 2.09. The minimum atomic E-state index is -1.19. The molecule has 0 aliphatic heterocycles. The molecule has 0 saturated carbocycles. The number of benzene rings is 1. The highest BCUT2D eigenvalue weighted by Gasteiger charge is 2.29. The van der Waals surface area contributed by atoms with Crippen molar-refractivity contribution in [2.75, 3.05) is 5.32 Å². The number of hydrogen-bond donors (Lipinski definition) is 5. The maximum absolute atomic E-state index is 12.7. The minimum Gasteiger partial charge on any atom is -0.478 e. The Morgan fingerprint density at radius 2 is 1.74 bits per heavy atom. The molecule has 13 heteroatoms. The van der Waals surface area contributed by atoms with Gasteiger partial charge in [-0.1, -0.05) is 13.8 Å². The first-order valence-corrected chi connectivity index (χ1v) is 10.5. The summed E-state index contributed by atoms with van der Waals surface area (Å²) in [6.07, 6.45) is -0.744. The van der Waals surface area contributed by atoms with Gasteiger partial charge in [0.1, 0.15) is 17.7 Å². The number of ether oxygens (including phenoxy) is 1. The van der Waals surface area contributed by atoms with Crippen molar-refractivity contribution in [3.63, 3.8) is 0 Å². The molecule has 1 aromatic carbocycles. The quantitative estimate of drug-likeness (QED) is 0.377. The summed E-state index contributed by atoms with van der Waals surface area (Å²) in [4.78, 5) is 49.0. The van der Waals surface area contributed by atoms with Gasteiger partial charge in [-0.05, 0) is 62.2 Å². The Morgan fingerprint density at radius 3 is 2.26 bits per heavy atom. The summed E-state index contributed by atoms with van der Waals surface area (Å²) >= 11 is 0. The van der Waals surface area contributed by atoms with E-state index in [-0.39, 0.29) is 28.6 Å². The van der Waals surface area contributed by atoms with Gasteiger partial charge in [-0.3, -0.25) is 9.59 Å². The molecule has 13 nitrogen and oxygen atoms in total. The fraction of sp³-hybridized carbons (Fsp3) is 0.476. The maximum atomic E-state index is 12.7. The normalized spacial score (nSPS) is 13.0. The first kappa shape index (κ1) is 26.2. The number of amides is 3. The van der Waals surface area contributed by atoms with Crippen LogP contribution in [0.1, 0.15) is 51.9 Å². The lowest BCUT2D eigenvalue weighted by Crippen LogP contribution is -2.54. The molecule has 1 heterocycles. The average Bonchev–Trinajstić information content (AvgIpc) is 3.24. The second-order valence-electron chi connectivity index (χ2n) is 8.90. The number of aromatic amines is 1. The van der Waals surface area contributed by atoms with Crippen LogP contribution < -0.4 is 16.0 Å². The molecule has 0 spiro atoms. The summed E-state index contributed by atoms with van der Waals surface area (Å²) in [6.45, 7) is 10.1. The topological polar surface area (TPSA) is 188 Å². The lowest BCUT2D eigenvalue weighted by Gasteiger charge is -2.26. The van der Waals surface area contributed by atoms with Gasteiger partial charge < -0.3 is 25.8 Å². The van der Waals surface area contributed by atoms with Gasteiger partial charge >= 0.3 is 12.1 Å². The number of carboxylic acids is 1. The van der Waals surface area contributed by atoms with Crippen molar-refractivity contribution in [2.24, 2.45) is 5.92 Å². The molecule has 0 radical (unpaired) electrons. The summed E-state index contributed by atoms with van der Waals surface area (Å²) < 4.78 is 5.20. The fourth-order valence-electron chi connectivity index (χ4n) is 2.87. The van der Waals surface area contributed by atoms with E-state index >= 15 is 0 Å².